The molecule has 0 aromatic rings. The minimum atomic E-state index is 0.225. The van der Waals surface area contributed by atoms with Crippen LogP contribution in [0.4, 0.5) is 0 Å². The van der Waals surface area contributed by atoms with Crippen LogP contribution in [0.5, 0.6) is 0 Å². The fourth-order valence-corrected chi connectivity index (χ4v) is 2.17. The molecule has 1 rings (SSSR count). The maximum atomic E-state index is 12.0. The lowest BCUT2D eigenvalue weighted by molar-refractivity contribution is -0.132. The Bertz CT molecular complexity index is 239. The van der Waals surface area contributed by atoms with Gasteiger partial charge in [0.05, 0.1) is 6.54 Å². The Morgan fingerprint density at radius 3 is 2.53 bits per heavy atom. The zero-order valence-corrected chi connectivity index (χ0v) is 11.7. The van der Waals surface area contributed by atoms with Crippen molar-refractivity contribution in [1.82, 2.24) is 15.1 Å². The highest BCUT2D eigenvalue weighted by molar-refractivity contribution is 5.78. The molecule has 0 saturated heterocycles. The lowest BCUT2D eigenvalue weighted by atomic mass is 10.2. The molecule has 0 radical (unpaired) electrons. The lowest BCUT2D eigenvalue weighted by Crippen LogP contribution is -2.47. The van der Waals surface area contributed by atoms with E-state index in [-0.39, 0.29) is 11.9 Å². The summed E-state index contributed by atoms with van der Waals surface area (Å²) < 4.78 is 0. The van der Waals surface area contributed by atoms with Gasteiger partial charge in [-0.3, -0.25) is 4.79 Å². The molecule has 0 spiro atoms. The van der Waals surface area contributed by atoms with Gasteiger partial charge in [-0.25, -0.2) is 0 Å². The molecule has 4 nitrogen and oxygen atoms in total. The molecule has 0 aromatic carbocycles. The van der Waals surface area contributed by atoms with E-state index >= 15 is 0 Å². The number of rotatable bonds is 8. The van der Waals surface area contributed by atoms with Crippen molar-refractivity contribution in [2.45, 2.75) is 32.7 Å². The van der Waals surface area contributed by atoms with Gasteiger partial charge in [0.1, 0.15) is 0 Å². The Kier molecular flexibility index (Phi) is 5.92. The second-order valence-corrected chi connectivity index (χ2v) is 5.37. The van der Waals surface area contributed by atoms with Crippen LogP contribution in [0.3, 0.4) is 0 Å². The predicted molar refractivity (Wildman–Crippen MR) is 71.0 cm³/mol. The van der Waals surface area contributed by atoms with Gasteiger partial charge in [0, 0.05) is 19.1 Å². The molecule has 4 heteroatoms. The van der Waals surface area contributed by atoms with Crippen LogP contribution in [-0.2, 0) is 4.79 Å². The van der Waals surface area contributed by atoms with Crippen LogP contribution in [0.2, 0.25) is 0 Å². The number of hydrogen-bond acceptors (Lipinski definition) is 3. The van der Waals surface area contributed by atoms with Gasteiger partial charge in [0.25, 0.3) is 0 Å². The quantitative estimate of drug-likeness (QED) is 0.682. The van der Waals surface area contributed by atoms with Crippen LogP contribution in [-0.4, -0.2) is 62.0 Å². The molecule has 1 fully saturated rings. The molecule has 1 unspecified atom stereocenters. The van der Waals surface area contributed by atoms with Crippen LogP contribution in [0.25, 0.3) is 0 Å². The summed E-state index contributed by atoms with van der Waals surface area (Å²) in [7, 11) is 4.08. The summed E-state index contributed by atoms with van der Waals surface area (Å²) in [6.45, 7) is 7.36. The van der Waals surface area contributed by atoms with Gasteiger partial charge in [-0.1, -0.05) is 0 Å². The normalized spacial score (nSPS) is 17.2. The van der Waals surface area contributed by atoms with E-state index in [4.69, 9.17) is 0 Å². The minimum Gasteiger partial charge on any atom is -0.338 e. The van der Waals surface area contributed by atoms with Crippen LogP contribution in [0.1, 0.15) is 26.7 Å². The molecule has 1 N–H and O–H groups in total. The van der Waals surface area contributed by atoms with Gasteiger partial charge in [0.15, 0.2) is 0 Å². The summed E-state index contributed by atoms with van der Waals surface area (Å²) >= 11 is 0. The van der Waals surface area contributed by atoms with Gasteiger partial charge >= 0.3 is 0 Å². The van der Waals surface area contributed by atoms with Crippen LogP contribution in [0.15, 0.2) is 0 Å². The number of likely N-dealkylation sites (N-methyl/N-ethyl adjacent to an activating group) is 2. The van der Waals surface area contributed by atoms with E-state index in [0.29, 0.717) is 6.54 Å². The zero-order valence-electron chi connectivity index (χ0n) is 11.7. The van der Waals surface area contributed by atoms with E-state index in [2.05, 4.69) is 17.1 Å². The van der Waals surface area contributed by atoms with Gasteiger partial charge in [-0.05, 0) is 53.2 Å². The van der Waals surface area contributed by atoms with Crippen molar-refractivity contribution < 1.29 is 4.79 Å². The minimum absolute atomic E-state index is 0.225. The molecule has 100 valence electrons. The number of carbonyl (C=O) groups is 1. The van der Waals surface area contributed by atoms with Crippen LogP contribution >= 0.6 is 0 Å². The fourth-order valence-electron chi connectivity index (χ4n) is 2.17. The SMILES string of the molecule is CCN(C(=O)CNCC1CC1)C(C)CN(C)C. The van der Waals surface area contributed by atoms with E-state index in [0.717, 1.165) is 25.6 Å². The smallest absolute Gasteiger partial charge is 0.236 e. The van der Waals surface area contributed by atoms with Crippen molar-refractivity contribution in [3.05, 3.63) is 0 Å². The predicted octanol–water partition coefficient (Wildman–Crippen LogP) is 0.785. The molecule has 0 aromatic heterocycles. The van der Waals surface area contributed by atoms with Crippen molar-refractivity contribution in [3.8, 4) is 0 Å². The Balaban J connectivity index is 2.27. The molecule has 1 saturated carbocycles. The number of hydrogen-bond donors (Lipinski definition) is 1. The Hall–Kier alpha value is -0.610. The number of amides is 1. The average Bonchev–Trinajstić information content (AvgIpc) is 3.01. The summed E-state index contributed by atoms with van der Waals surface area (Å²) in [6.07, 6.45) is 2.66. The third-order valence-electron chi connectivity index (χ3n) is 3.23. The first-order valence-electron chi connectivity index (χ1n) is 6.69. The monoisotopic (exact) mass is 241 g/mol. The molecule has 0 bridgehead atoms. The molecule has 0 aliphatic heterocycles. The van der Waals surface area contributed by atoms with Crippen LogP contribution in [0, 0.1) is 5.92 Å². The molecule has 1 amide bonds. The number of nitrogens with zero attached hydrogens (tertiary/aromatic N) is 2. The largest absolute Gasteiger partial charge is 0.338 e. The maximum absolute atomic E-state index is 12.0. The highest BCUT2D eigenvalue weighted by Gasteiger charge is 2.22. The van der Waals surface area contributed by atoms with Gasteiger partial charge in [-0.2, -0.15) is 0 Å². The van der Waals surface area contributed by atoms with Crippen molar-refractivity contribution in [3.63, 3.8) is 0 Å². The third kappa shape index (κ3) is 5.50. The fraction of sp³-hybridized carbons (Fsp3) is 0.923. The molecular weight excluding hydrogens is 214 g/mol. The van der Waals surface area contributed by atoms with Crippen LogP contribution < -0.4 is 5.32 Å². The van der Waals surface area contributed by atoms with Gasteiger partial charge in [0.2, 0.25) is 5.91 Å². The molecule has 17 heavy (non-hydrogen) atoms. The van der Waals surface area contributed by atoms with Gasteiger partial charge < -0.3 is 15.1 Å². The maximum Gasteiger partial charge on any atom is 0.236 e. The number of nitrogens with one attached hydrogen (secondary N) is 1. The van der Waals surface area contributed by atoms with Gasteiger partial charge in [-0.15, -0.1) is 0 Å². The highest BCUT2D eigenvalue weighted by Crippen LogP contribution is 2.27. The highest BCUT2D eigenvalue weighted by atomic mass is 16.2. The van der Waals surface area contributed by atoms with Crippen molar-refractivity contribution >= 4 is 5.91 Å². The summed E-state index contributed by atoms with van der Waals surface area (Å²) in [5.41, 5.74) is 0. The Morgan fingerprint density at radius 1 is 1.41 bits per heavy atom. The third-order valence-corrected chi connectivity index (χ3v) is 3.23. The van der Waals surface area contributed by atoms with Crippen molar-refractivity contribution in [2.75, 3.05) is 40.3 Å². The summed E-state index contributed by atoms with van der Waals surface area (Å²) in [6, 6.07) is 0.283. The standard InChI is InChI=1S/C13H27N3O/c1-5-16(11(2)10-15(3)4)13(17)9-14-8-12-6-7-12/h11-12,14H,5-10H2,1-4H3. The summed E-state index contributed by atoms with van der Waals surface area (Å²) in [5.74, 6) is 1.06. The number of carbonyl (C=O) groups excluding carboxylic acids is 1. The Morgan fingerprint density at radius 2 is 2.06 bits per heavy atom. The zero-order chi connectivity index (χ0) is 12.8. The first kappa shape index (κ1) is 14.5. The Labute approximate surface area is 105 Å². The second-order valence-electron chi connectivity index (χ2n) is 5.37. The summed E-state index contributed by atoms with van der Waals surface area (Å²) in [4.78, 5) is 16.1. The second kappa shape index (κ2) is 6.97. The first-order valence-corrected chi connectivity index (χ1v) is 6.69. The molecule has 0 heterocycles. The van der Waals surface area contributed by atoms with E-state index in [1.165, 1.54) is 12.8 Å². The van der Waals surface area contributed by atoms with E-state index < -0.39 is 0 Å². The molecule has 1 atom stereocenters. The van der Waals surface area contributed by atoms with E-state index in [1.807, 2.05) is 25.9 Å². The molecule has 1 aliphatic rings. The van der Waals surface area contributed by atoms with E-state index in [1.54, 1.807) is 0 Å². The van der Waals surface area contributed by atoms with Crippen molar-refractivity contribution in [2.24, 2.45) is 5.92 Å². The average molecular weight is 241 g/mol. The summed E-state index contributed by atoms with van der Waals surface area (Å²) in [5, 5.41) is 3.27. The lowest BCUT2D eigenvalue weighted by Gasteiger charge is -2.30. The topological polar surface area (TPSA) is 35.6 Å². The van der Waals surface area contributed by atoms with E-state index in [9.17, 15) is 4.79 Å². The molecule has 1 aliphatic carbocycles. The van der Waals surface area contributed by atoms with Crippen molar-refractivity contribution in [1.29, 1.82) is 0 Å². The first-order chi connectivity index (χ1) is 8.04. The molecular formula is C13H27N3O.